The smallest absolute Gasteiger partial charge is 0.324 e. The van der Waals surface area contributed by atoms with Gasteiger partial charge in [-0.1, -0.05) is 49.6 Å². The Morgan fingerprint density at radius 2 is 1.90 bits per heavy atom. The number of urea groups is 1. The molecule has 1 fully saturated rings. The second-order valence-corrected chi connectivity index (χ2v) is 7.60. The van der Waals surface area contributed by atoms with E-state index in [0.29, 0.717) is 36.2 Å². The third-order valence-corrected chi connectivity index (χ3v) is 5.46. The SMILES string of the molecule is CCCCCOc1cc(N2CCCN(Cc3ccccc3Cl)C2=O)ccc1OC. The van der Waals surface area contributed by atoms with Gasteiger partial charge in [-0.2, -0.15) is 0 Å². The lowest BCUT2D eigenvalue weighted by Crippen LogP contribution is -2.49. The van der Waals surface area contributed by atoms with Gasteiger partial charge in [0.1, 0.15) is 0 Å². The number of hydrogen-bond acceptors (Lipinski definition) is 3. The van der Waals surface area contributed by atoms with E-state index in [2.05, 4.69) is 6.92 Å². The summed E-state index contributed by atoms with van der Waals surface area (Å²) in [5.41, 5.74) is 1.78. The Kier molecular flexibility index (Phi) is 7.64. The predicted octanol–water partition coefficient (Wildman–Crippen LogP) is 5.75. The van der Waals surface area contributed by atoms with Gasteiger partial charge in [-0.3, -0.25) is 4.90 Å². The van der Waals surface area contributed by atoms with E-state index in [-0.39, 0.29) is 6.03 Å². The van der Waals surface area contributed by atoms with Gasteiger partial charge in [0.05, 0.1) is 13.7 Å². The van der Waals surface area contributed by atoms with Crippen LogP contribution in [-0.4, -0.2) is 37.7 Å². The molecule has 1 saturated heterocycles. The van der Waals surface area contributed by atoms with E-state index in [1.807, 2.05) is 47.4 Å². The highest BCUT2D eigenvalue weighted by Gasteiger charge is 2.28. The lowest BCUT2D eigenvalue weighted by Gasteiger charge is -2.36. The fourth-order valence-electron chi connectivity index (χ4n) is 3.48. The van der Waals surface area contributed by atoms with E-state index in [4.69, 9.17) is 21.1 Å². The summed E-state index contributed by atoms with van der Waals surface area (Å²) in [6.07, 6.45) is 4.17. The van der Waals surface area contributed by atoms with Crippen molar-refractivity contribution in [3.8, 4) is 11.5 Å². The number of nitrogens with zero attached hydrogens (tertiary/aromatic N) is 2. The van der Waals surface area contributed by atoms with Gasteiger partial charge in [0.25, 0.3) is 0 Å². The molecule has 2 aromatic rings. The second kappa shape index (κ2) is 10.4. The van der Waals surface area contributed by atoms with E-state index in [9.17, 15) is 4.79 Å². The number of anilines is 1. The molecule has 0 aliphatic carbocycles. The molecule has 156 valence electrons. The van der Waals surface area contributed by atoms with Crippen LogP contribution in [0.5, 0.6) is 11.5 Å². The van der Waals surface area contributed by atoms with Crippen LogP contribution in [0.3, 0.4) is 0 Å². The van der Waals surface area contributed by atoms with Gasteiger partial charge in [0, 0.05) is 36.4 Å². The number of amides is 2. The van der Waals surface area contributed by atoms with Gasteiger partial charge < -0.3 is 14.4 Å². The van der Waals surface area contributed by atoms with Crippen molar-refractivity contribution in [2.24, 2.45) is 0 Å². The number of benzene rings is 2. The fourth-order valence-corrected chi connectivity index (χ4v) is 3.68. The Balaban J connectivity index is 1.74. The summed E-state index contributed by atoms with van der Waals surface area (Å²) < 4.78 is 11.4. The Labute approximate surface area is 178 Å². The lowest BCUT2D eigenvalue weighted by atomic mass is 10.1. The molecule has 2 aromatic carbocycles. The topological polar surface area (TPSA) is 42.0 Å². The highest BCUT2D eigenvalue weighted by Crippen LogP contribution is 2.33. The zero-order valence-corrected chi connectivity index (χ0v) is 18.0. The molecule has 0 saturated carbocycles. The number of methoxy groups -OCH3 is 1. The fraction of sp³-hybridized carbons (Fsp3) is 0.435. The Morgan fingerprint density at radius 1 is 1.07 bits per heavy atom. The van der Waals surface area contributed by atoms with Gasteiger partial charge >= 0.3 is 6.03 Å². The van der Waals surface area contributed by atoms with E-state index in [1.54, 1.807) is 12.0 Å². The maximum atomic E-state index is 13.1. The first kappa shape index (κ1) is 21.3. The van der Waals surface area contributed by atoms with Gasteiger partial charge in [-0.25, -0.2) is 4.79 Å². The van der Waals surface area contributed by atoms with Crippen LogP contribution in [0.25, 0.3) is 0 Å². The minimum absolute atomic E-state index is 0.0155. The Bertz CT molecular complexity index is 828. The summed E-state index contributed by atoms with van der Waals surface area (Å²) in [6.45, 7) is 4.71. The maximum absolute atomic E-state index is 13.1. The first-order valence-electron chi connectivity index (χ1n) is 10.2. The van der Waals surface area contributed by atoms with Crippen LogP contribution < -0.4 is 14.4 Å². The number of carbonyl (C=O) groups is 1. The summed E-state index contributed by atoms with van der Waals surface area (Å²) in [5, 5.41) is 0.685. The normalized spacial score (nSPS) is 14.2. The third-order valence-electron chi connectivity index (χ3n) is 5.09. The molecule has 1 aliphatic rings. The van der Waals surface area contributed by atoms with Crippen LogP contribution in [0.15, 0.2) is 42.5 Å². The standard InChI is InChI=1S/C23H29ClN2O3/c1-3-4-7-15-29-22-16-19(11-12-21(22)28-2)26-14-8-13-25(23(26)27)17-18-9-5-6-10-20(18)24/h5-6,9-12,16H,3-4,7-8,13-15,17H2,1-2H3. The molecule has 1 heterocycles. The number of halogens is 1. The van der Waals surface area contributed by atoms with Gasteiger partial charge in [-0.05, 0) is 36.6 Å². The lowest BCUT2D eigenvalue weighted by molar-refractivity contribution is 0.192. The number of unbranched alkanes of at least 4 members (excludes halogenated alkanes) is 2. The van der Waals surface area contributed by atoms with Crippen molar-refractivity contribution >= 4 is 23.3 Å². The van der Waals surface area contributed by atoms with Crippen LogP contribution in [0, 0.1) is 0 Å². The molecule has 6 heteroatoms. The summed E-state index contributed by atoms with van der Waals surface area (Å²) >= 11 is 6.29. The highest BCUT2D eigenvalue weighted by molar-refractivity contribution is 6.31. The number of hydrogen-bond donors (Lipinski definition) is 0. The molecule has 0 spiro atoms. The van der Waals surface area contributed by atoms with Crippen LogP contribution in [0.2, 0.25) is 5.02 Å². The summed E-state index contributed by atoms with van der Waals surface area (Å²) in [4.78, 5) is 16.8. The Hall–Kier alpha value is -2.40. The zero-order chi connectivity index (χ0) is 20.6. The molecule has 0 N–H and O–H groups in total. The number of rotatable bonds is 9. The monoisotopic (exact) mass is 416 g/mol. The molecule has 1 aliphatic heterocycles. The first-order valence-corrected chi connectivity index (χ1v) is 10.6. The van der Waals surface area contributed by atoms with Gasteiger partial charge in [0.15, 0.2) is 11.5 Å². The third kappa shape index (κ3) is 5.36. The predicted molar refractivity (Wildman–Crippen MR) is 117 cm³/mol. The molecule has 0 radical (unpaired) electrons. The van der Waals surface area contributed by atoms with Gasteiger partial charge in [-0.15, -0.1) is 0 Å². The molecule has 0 aromatic heterocycles. The highest BCUT2D eigenvalue weighted by atomic mass is 35.5. The van der Waals surface area contributed by atoms with Crippen molar-refractivity contribution in [3.63, 3.8) is 0 Å². The minimum atomic E-state index is -0.0155. The molecule has 2 amide bonds. The van der Waals surface area contributed by atoms with Crippen molar-refractivity contribution < 1.29 is 14.3 Å². The van der Waals surface area contributed by atoms with Crippen molar-refractivity contribution in [2.45, 2.75) is 39.2 Å². The summed E-state index contributed by atoms with van der Waals surface area (Å²) in [5.74, 6) is 1.36. The molecule has 0 atom stereocenters. The number of ether oxygens (including phenoxy) is 2. The molecular weight excluding hydrogens is 388 g/mol. The molecule has 0 bridgehead atoms. The van der Waals surface area contributed by atoms with E-state index in [1.165, 1.54) is 0 Å². The maximum Gasteiger partial charge on any atom is 0.324 e. The second-order valence-electron chi connectivity index (χ2n) is 7.19. The summed E-state index contributed by atoms with van der Waals surface area (Å²) in [6, 6.07) is 13.3. The van der Waals surface area contributed by atoms with Crippen molar-refractivity contribution in [1.29, 1.82) is 0 Å². The molecule has 5 nitrogen and oxygen atoms in total. The molecular formula is C23H29ClN2O3. The zero-order valence-electron chi connectivity index (χ0n) is 17.2. The van der Waals surface area contributed by atoms with Crippen LogP contribution in [0.1, 0.15) is 38.2 Å². The van der Waals surface area contributed by atoms with Crippen LogP contribution in [0.4, 0.5) is 10.5 Å². The molecule has 0 unspecified atom stereocenters. The van der Waals surface area contributed by atoms with Crippen molar-refractivity contribution in [1.82, 2.24) is 4.90 Å². The van der Waals surface area contributed by atoms with Crippen LogP contribution >= 0.6 is 11.6 Å². The average molecular weight is 417 g/mol. The number of carbonyl (C=O) groups excluding carboxylic acids is 1. The minimum Gasteiger partial charge on any atom is -0.493 e. The van der Waals surface area contributed by atoms with E-state index in [0.717, 1.165) is 43.5 Å². The average Bonchev–Trinajstić information content (AvgIpc) is 2.74. The van der Waals surface area contributed by atoms with Crippen molar-refractivity contribution in [3.05, 3.63) is 53.1 Å². The van der Waals surface area contributed by atoms with Crippen molar-refractivity contribution in [2.75, 3.05) is 31.7 Å². The Morgan fingerprint density at radius 3 is 2.66 bits per heavy atom. The molecule has 29 heavy (non-hydrogen) atoms. The van der Waals surface area contributed by atoms with E-state index < -0.39 is 0 Å². The quantitative estimate of drug-likeness (QED) is 0.489. The molecule has 3 rings (SSSR count). The van der Waals surface area contributed by atoms with Crippen LogP contribution in [-0.2, 0) is 6.54 Å². The summed E-state index contributed by atoms with van der Waals surface area (Å²) in [7, 11) is 1.63. The first-order chi connectivity index (χ1) is 14.1. The van der Waals surface area contributed by atoms with E-state index >= 15 is 0 Å². The van der Waals surface area contributed by atoms with Gasteiger partial charge in [0.2, 0.25) is 0 Å². The largest absolute Gasteiger partial charge is 0.493 e.